The van der Waals surface area contributed by atoms with Gasteiger partial charge in [0.2, 0.25) is 5.89 Å². The molecule has 4 aromatic rings. The van der Waals surface area contributed by atoms with Crippen molar-refractivity contribution in [2.75, 3.05) is 13.1 Å². The lowest BCUT2D eigenvalue weighted by Crippen LogP contribution is -2.38. The molecule has 1 aliphatic heterocycles. The summed E-state index contributed by atoms with van der Waals surface area (Å²) in [6, 6.07) is 15.8. The standard InChI is InChI=1S/C27H30ClN5O2/c1-2-6-25-29-26(35-31-25)14-16-32-15-5-7-21(32)18-33-27(34)23-9-4-3-8-22(23)24(30-33)17-19-10-12-20(28)13-11-19/h3-4,8-13,21H,2,5-7,14-18H2,1H3. The third-order valence-corrected chi connectivity index (χ3v) is 6.96. The zero-order valence-corrected chi connectivity index (χ0v) is 20.7. The molecule has 3 heterocycles. The van der Waals surface area contributed by atoms with Gasteiger partial charge in [-0.05, 0) is 49.6 Å². The number of hydrogen-bond donors (Lipinski definition) is 0. The molecule has 182 valence electrons. The van der Waals surface area contributed by atoms with E-state index in [-0.39, 0.29) is 11.6 Å². The van der Waals surface area contributed by atoms with Crippen molar-refractivity contribution < 1.29 is 4.52 Å². The van der Waals surface area contributed by atoms with Crippen molar-refractivity contribution in [3.63, 3.8) is 0 Å². The van der Waals surface area contributed by atoms with Crippen LogP contribution in [0.1, 0.15) is 49.2 Å². The van der Waals surface area contributed by atoms with Gasteiger partial charge in [0.25, 0.3) is 5.56 Å². The van der Waals surface area contributed by atoms with Gasteiger partial charge in [-0.3, -0.25) is 9.69 Å². The minimum atomic E-state index is -0.0339. The second-order valence-electron chi connectivity index (χ2n) is 9.22. The Morgan fingerprint density at radius 3 is 2.69 bits per heavy atom. The van der Waals surface area contributed by atoms with E-state index in [1.807, 2.05) is 48.5 Å². The van der Waals surface area contributed by atoms with Gasteiger partial charge in [0, 0.05) is 42.3 Å². The Kier molecular flexibility index (Phi) is 7.25. The summed E-state index contributed by atoms with van der Waals surface area (Å²) in [5.74, 6) is 1.46. The van der Waals surface area contributed by atoms with Gasteiger partial charge in [0.15, 0.2) is 5.82 Å². The van der Waals surface area contributed by atoms with Crippen molar-refractivity contribution in [1.82, 2.24) is 24.8 Å². The van der Waals surface area contributed by atoms with Crippen LogP contribution in [0.3, 0.4) is 0 Å². The van der Waals surface area contributed by atoms with Crippen LogP contribution in [0.4, 0.5) is 0 Å². The summed E-state index contributed by atoms with van der Waals surface area (Å²) in [5, 5.41) is 11.3. The van der Waals surface area contributed by atoms with Gasteiger partial charge < -0.3 is 4.52 Å². The highest BCUT2D eigenvalue weighted by Gasteiger charge is 2.26. The summed E-state index contributed by atoms with van der Waals surface area (Å²) in [7, 11) is 0. The highest BCUT2D eigenvalue weighted by atomic mass is 35.5. The molecule has 5 rings (SSSR count). The second kappa shape index (κ2) is 10.7. The molecule has 7 nitrogen and oxygen atoms in total. The fraction of sp³-hybridized carbons (Fsp3) is 0.407. The van der Waals surface area contributed by atoms with Crippen LogP contribution < -0.4 is 5.56 Å². The average Bonchev–Trinajstić information content (AvgIpc) is 3.51. The van der Waals surface area contributed by atoms with Crippen LogP contribution in [0.5, 0.6) is 0 Å². The Morgan fingerprint density at radius 1 is 1.09 bits per heavy atom. The van der Waals surface area contributed by atoms with Gasteiger partial charge in [0.05, 0.1) is 17.6 Å². The Hall–Kier alpha value is -3.03. The predicted octanol–water partition coefficient (Wildman–Crippen LogP) is 4.68. The molecule has 8 heteroatoms. The minimum absolute atomic E-state index is 0.0339. The number of aromatic nitrogens is 4. The fourth-order valence-corrected chi connectivity index (χ4v) is 5.03. The van der Waals surface area contributed by atoms with E-state index in [9.17, 15) is 4.79 Å². The number of rotatable bonds is 9. The summed E-state index contributed by atoms with van der Waals surface area (Å²) >= 11 is 6.07. The van der Waals surface area contributed by atoms with Crippen LogP contribution in [0, 0.1) is 0 Å². The molecule has 1 saturated heterocycles. The van der Waals surface area contributed by atoms with Crippen molar-refractivity contribution in [2.24, 2.45) is 0 Å². The maximum Gasteiger partial charge on any atom is 0.274 e. The molecule has 0 saturated carbocycles. The maximum absolute atomic E-state index is 13.3. The van der Waals surface area contributed by atoms with Crippen LogP contribution in [0.25, 0.3) is 10.8 Å². The highest BCUT2D eigenvalue weighted by molar-refractivity contribution is 6.30. The zero-order valence-electron chi connectivity index (χ0n) is 20.0. The fourth-order valence-electron chi connectivity index (χ4n) is 4.91. The molecule has 1 unspecified atom stereocenters. The minimum Gasteiger partial charge on any atom is -0.339 e. The predicted molar refractivity (Wildman–Crippen MR) is 137 cm³/mol. The van der Waals surface area contributed by atoms with E-state index in [1.165, 1.54) is 0 Å². The molecule has 0 bridgehead atoms. The van der Waals surface area contributed by atoms with E-state index in [4.69, 9.17) is 21.2 Å². The van der Waals surface area contributed by atoms with Crippen LogP contribution in [-0.2, 0) is 25.8 Å². The number of fused-ring (bicyclic) bond motifs is 1. The number of aryl methyl sites for hydroxylation is 1. The van der Waals surface area contributed by atoms with Crippen molar-refractivity contribution in [3.05, 3.63) is 86.9 Å². The van der Waals surface area contributed by atoms with Crippen LogP contribution in [-0.4, -0.2) is 44.0 Å². The first-order valence-corrected chi connectivity index (χ1v) is 12.8. The van der Waals surface area contributed by atoms with Crippen LogP contribution in [0.2, 0.25) is 5.02 Å². The number of halogens is 1. The molecule has 2 aromatic carbocycles. The van der Waals surface area contributed by atoms with Crippen molar-refractivity contribution >= 4 is 22.4 Å². The third-order valence-electron chi connectivity index (χ3n) is 6.71. The molecule has 0 radical (unpaired) electrons. The van der Waals surface area contributed by atoms with Crippen molar-refractivity contribution in [3.8, 4) is 0 Å². The topological polar surface area (TPSA) is 77.0 Å². The summed E-state index contributed by atoms with van der Waals surface area (Å²) in [5.41, 5.74) is 1.98. The molecule has 0 aliphatic carbocycles. The number of likely N-dealkylation sites (tertiary alicyclic amines) is 1. The van der Waals surface area contributed by atoms with E-state index in [1.54, 1.807) is 4.68 Å². The summed E-state index contributed by atoms with van der Waals surface area (Å²) in [6.07, 6.45) is 5.35. The number of benzene rings is 2. The van der Waals surface area contributed by atoms with E-state index >= 15 is 0 Å². The molecule has 1 aliphatic rings. The quantitative estimate of drug-likeness (QED) is 0.338. The van der Waals surface area contributed by atoms with Crippen molar-refractivity contribution in [1.29, 1.82) is 0 Å². The Bertz CT molecular complexity index is 1350. The first kappa shape index (κ1) is 23.7. The van der Waals surface area contributed by atoms with Crippen LogP contribution in [0.15, 0.2) is 57.8 Å². The third kappa shape index (κ3) is 5.46. The van der Waals surface area contributed by atoms with Gasteiger partial charge in [-0.1, -0.05) is 54.0 Å². The first-order chi connectivity index (χ1) is 17.1. The van der Waals surface area contributed by atoms with Gasteiger partial charge in [-0.15, -0.1) is 0 Å². The molecule has 0 amide bonds. The lowest BCUT2D eigenvalue weighted by atomic mass is 10.0. The van der Waals surface area contributed by atoms with E-state index in [0.29, 0.717) is 29.3 Å². The molecule has 35 heavy (non-hydrogen) atoms. The highest BCUT2D eigenvalue weighted by Crippen LogP contribution is 2.21. The van der Waals surface area contributed by atoms with E-state index in [2.05, 4.69) is 22.0 Å². The molecule has 2 aromatic heterocycles. The number of hydrogen-bond acceptors (Lipinski definition) is 6. The zero-order chi connectivity index (χ0) is 24.2. The van der Waals surface area contributed by atoms with Gasteiger partial charge in [0.1, 0.15) is 0 Å². The van der Waals surface area contributed by atoms with E-state index in [0.717, 1.165) is 67.7 Å². The second-order valence-corrected chi connectivity index (χ2v) is 9.66. The van der Waals surface area contributed by atoms with Crippen molar-refractivity contribution in [2.45, 2.75) is 58.0 Å². The van der Waals surface area contributed by atoms with Gasteiger partial charge in [-0.25, -0.2) is 4.68 Å². The average molecular weight is 492 g/mol. The largest absolute Gasteiger partial charge is 0.339 e. The summed E-state index contributed by atoms with van der Waals surface area (Å²) < 4.78 is 7.08. The Balaban J connectivity index is 1.36. The SMILES string of the molecule is CCCc1noc(CCN2CCCC2Cn2nc(Cc3ccc(Cl)cc3)c3ccccc3c2=O)n1. The lowest BCUT2D eigenvalue weighted by Gasteiger charge is -2.24. The van der Waals surface area contributed by atoms with Gasteiger partial charge in [-0.2, -0.15) is 10.1 Å². The lowest BCUT2D eigenvalue weighted by molar-refractivity contribution is 0.219. The van der Waals surface area contributed by atoms with Gasteiger partial charge >= 0.3 is 0 Å². The van der Waals surface area contributed by atoms with Crippen LogP contribution >= 0.6 is 11.6 Å². The Labute approximate surface area is 209 Å². The molecule has 0 N–H and O–H groups in total. The molecular formula is C27H30ClN5O2. The maximum atomic E-state index is 13.3. The van der Waals surface area contributed by atoms with E-state index < -0.39 is 0 Å². The molecular weight excluding hydrogens is 462 g/mol. The molecule has 1 atom stereocenters. The first-order valence-electron chi connectivity index (χ1n) is 12.4. The monoisotopic (exact) mass is 491 g/mol. The number of nitrogens with zero attached hydrogens (tertiary/aromatic N) is 5. The summed E-state index contributed by atoms with van der Waals surface area (Å²) in [6.45, 7) is 4.51. The molecule has 1 fully saturated rings. The normalized spacial score (nSPS) is 16.3. The smallest absolute Gasteiger partial charge is 0.274 e. The summed E-state index contributed by atoms with van der Waals surface area (Å²) in [4.78, 5) is 20.3. The Morgan fingerprint density at radius 2 is 1.89 bits per heavy atom. The molecule has 0 spiro atoms.